The molecule has 0 saturated carbocycles. The lowest BCUT2D eigenvalue weighted by molar-refractivity contribution is 0.600. The minimum Gasteiger partial charge on any atom is -0.354 e. The molecule has 0 radical (unpaired) electrons. The number of hydrogen-bond acceptors (Lipinski definition) is 6. The average Bonchev–Trinajstić information content (AvgIpc) is 2.79. The highest BCUT2D eigenvalue weighted by atomic mass is 32.2. The van der Waals surface area contributed by atoms with Crippen molar-refractivity contribution in [1.29, 1.82) is 0 Å². The summed E-state index contributed by atoms with van der Waals surface area (Å²) in [4.78, 5) is 1.92. The van der Waals surface area contributed by atoms with Gasteiger partial charge in [-0.05, 0) is 31.5 Å². The van der Waals surface area contributed by atoms with Gasteiger partial charge in [0.25, 0.3) is 0 Å². The monoisotopic (exact) mass is 298 g/mol. The summed E-state index contributed by atoms with van der Waals surface area (Å²) < 4.78 is 23.0. The molecule has 1 aromatic rings. The summed E-state index contributed by atoms with van der Waals surface area (Å²) in [5.41, 5.74) is 0.898. The molecule has 1 saturated heterocycles. The smallest absolute Gasteiger partial charge is 0.152 e. The van der Waals surface area contributed by atoms with Crippen LogP contribution in [-0.4, -0.2) is 49.8 Å². The van der Waals surface area contributed by atoms with E-state index in [0.29, 0.717) is 13.0 Å². The Kier molecular flexibility index (Phi) is 4.93. The molecule has 112 valence electrons. The van der Waals surface area contributed by atoms with Crippen molar-refractivity contribution >= 4 is 15.7 Å². The van der Waals surface area contributed by atoms with E-state index in [-0.39, 0.29) is 17.5 Å². The van der Waals surface area contributed by atoms with Gasteiger partial charge in [0.1, 0.15) is 0 Å². The van der Waals surface area contributed by atoms with Crippen LogP contribution in [0.15, 0.2) is 12.1 Å². The standard InChI is InChI=1S/C13H22N4O2S/c1-3-7-14-9-11-4-5-13(16-15-11)17(2)12-6-8-20(18,19)10-12/h4-5,12,14H,3,6-10H2,1-2H3. The molecule has 0 spiro atoms. The van der Waals surface area contributed by atoms with Gasteiger partial charge in [-0.1, -0.05) is 6.92 Å². The van der Waals surface area contributed by atoms with Gasteiger partial charge in [0.05, 0.1) is 17.2 Å². The van der Waals surface area contributed by atoms with Gasteiger partial charge < -0.3 is 10.2 Å². The molecule has 7 heteroatoms. The van der Waals surface area contributed by atoms with Gasteiger partial charge in [0.15, 0.2) is 15.7 Å². The summed E-state index contributed by atoms with van der Waals surface area (Å²) >= 11 is 0. The highest BCUT2D eigenvalue weighted by Crippen LogP contribution is 2.20. The average molecular weight is 298 g/mol. The minimum absolute atomic E-state index is 0.0124. The molecule has 2 heterocycles. The van der Waals surface area contributed by atoms with E-state index in [1.807, 2.05) is 24.1 Å². The Morgan fingerprint density at radius 2 is 2.20 bits per heavy atom. The summed E-state index contributed by atoms with van der Waals surface area (Å²) in [6, 6.07) is 3.85. The molecule has 6 nitrogen and oxygen atoms in total. The first-order valence-corrected chi connectivity index (χ1v) is 8.80. The van der Waals surface area contributed by atoms with Crippen LogP contribution in [0.25, 0.3) is 0 Å². The Bertz CT molecular complexity index is 530. The van der Waals surface area contributed by atoms with Crippen molar-refractivity contribution in [3.63, 3.8) is 0 Å². The maximum absolute atomic E-state index is 11.5. The molecule has 0 bridgehead atoms. The predicted octanol–water partition coefficient (Wildman–Crippen LogP) is 0.599. The lowest BCUT2D eigenvalue weighted by Crippen LogP contribution is -2.33. The molecule has 1 aromatic heterocycles. The Morgan fingerprint density at radius 3 is 2.75 bits per heavy atom. The van der Waals surface area contributed by atoms with Gasteiger partial charge in [-0.2, -0.15) is 5.10 Å². The molecule has 1 aliphatic heterocycles. The van der Waals surface area contributed by atoms with E-state index in [9.17, 15) is 8.42 Å². The highest BCUT2D eigenvalue weighted by molar-refractivity contribution is 7.91. The molecule has 1 aliphatic rings. The van der Waals surface area contributed by atoms with E-state index in [1.54, 1.807) is 0 Å². The van der Waals surface area contributed by atoms with Crippen LogP contribution in [0.2, 0.25) is 0 Å². The number of sulfone groups is 1. The normalized spacial score (nSPS) is 21.0. The van der Waals surface area contributed by atoms with Crippen LogP contribution in [-0.2, 0) is 16.4 Å². The quantitative estimate of drug-likeness (QED) is 0.775. The van der Waals surface area contributed by atoms with Crippen molar-refractivity contribution in [1.82, 2.24) is 15.5 Å². The van der Waals surface area contributed by atoms with Crippen LogP contribution in [0.3, 0.4) is 0 Å². The molecule has 1 unspecified atom stereocenters. The third kappa shape index (κ3) is 3.89. The second-order valence-electron chi connectivity index (χ2n) is 5.23. The van der Waals surface area contributed by atoms with E-state index in [2.05, 4.69) is 22.4 Å². The van der Waals surface area contributed by atoms with E-state index in [4.69, 9.17) is 0 Å². The Balaban J connectivity index is 1.95. The first-order chi connectivity index (χ1) is 9.52. The predicted molar refractivity (Wildman–Crippen MR) is 79.5 cm³/mol. The van der Waals surface area contributed by atoms with Crippen LogP contribution in [0.4, 0.5) is 5.82 Å². The van der Waals surface area contributed by atoms with Gasteiger partial charge in [-0.3, -0.25) is 0 Å². The molecule has 0 amide bonds. The van der Waals surface area contributed by atoms with Gasteiger partial charge >= 0.3 is 0 Å². The summed E-state index contributed by atoms with van der Waals surface area (Å²) in [7, 11) is -0.992. The molecule has 1 fully saturated rings. The fourth-order valence-corrected chi connectivity index (χ4v) is 4.07. The molecule has 1 atom stereocenters. The number of nitrogens with zero attached hydrogens (tertiary/aromatic N) is 3. The fraction of sp³-hybridized carbons (Fsp3) is 0.692. The third-order valence-electron chi connectivity index (χ3n) is 3.56. The SMILES string of the molecule is CCCNCc1ccc(N(C)C2CCS(=O)(=O)C2)nn1. The molecule has 1 N–H and O–H groups in total. The van der Waals surface area contributed by atoms with Crippen LogP contribution < -0.4 is 10.2 Å². The minimum atomic E-state index is -2.87. The lowest BCUT2D eigenvalue weighted by Gasteiger charge is -2.23. The zero-order valence-corrected chi connectivity index (χ0v) is 12.9. The summed E-state index contributed by atoms with van der Waals surface area (Å²) in [6.07, 6.45) is 1.75. The van der Waals surface area contributed by atoms with Crippen molar-refractivity contribution < 1.29 is 8.42 Å². The van der Waals surface area contributed by atoms with Gasteiger partial charge in [-0.25, -0.2) is 8.42 Å². The van der Waals surface area contributed by atoms with Crippen molar-refractivity contribution in [2.24, 2.45) is 0 Å². The third-order valence-corrected chi connectivity index (χ3v) is 5.31. The van der Waals surface area contributed by atoms with Crippen LogP contribution in [0, 0.1) is 0 Å². The molecule has 0 aromatic carbocycles. The maximum atomic E-state index is 11.5. The number of aromatic nitrogens is 2. The van der Waals surface area contributed by atoms with Crippen molar-refractivity contribution in [3.05, 3.63) is 17.8 Å². The maximum Gasteiger partial charge on any atom is 0.152 e. The van der Waals surface area contributed by atoms with E-state index in [1.165, 1.54) is 0 Å². The van der Waals surface area contributed by atoms with Crippen molar-refractivity contribution in [3.8, 4) is 0 Å². The second-order valence-corrected chi connectivity index (χ2v) is 7.46. The van der Waals surface area contributed by atoms with E-state index in [0.717, 1.165) is 24.5 Å². The fourth-order valence-electron chi connectivity index (χ4n) is 2.30. The number of anilines is 1. The van der Waals surface area contributed by atoms with Gasteiger partial charge in [0, 0.05) is 19.6 Å². The Labute approximate surface area is 120 Å². The topological polar surface area (TPSA) is 75.2 Å². The zero-order valence-electron chi connectivity index (χ0n) is 12.0. The van der Waals surface area contributed by atoms with Crippen molar-refractivity contribution in [2.75, 3.05) is 30.0 Å². The molecular weight excluding hydrogens is 276 g/mol. The van der Waals surface area contributed by atoms with E-state index >= 15 is 0 Å². The largest absolute Gasteiger partial charge is 0.354 e. The van der Waals surface area contributed by atoms with Crippen LogP contribution >= 0.6 is 0 Å². The van der Waals surface area contributed by atoms with E-state index < -0.39 is 9.84 Å². The number of nitrogens with one attached hydrogen (secondary N) is 1. The summed E-state index contributed by atoms with van der Waals surface area (Å²) in [6.45, 7) is 3.79. The zero-order chi connectivity index (χ0) is 14.6. The molecule has 2 rings (SSSR count). The van der Waals surface area contributed by atoms with Crippen LogP contribution in [0.1, 0.15) is 25.5 Å². The summed E-state index contributed by atoms with van der Waals surface area (Å²) in [5.74, 6) is 1.21. The molecular formula is C13H22N4O2S. The Morgan fingerprint density at radius 1 is 1.40 bits per heavy atom. The summed E-state index contributed by atoms with van der Waals surface area (Å²) in [5, 5.41) is 11.6. The Hall–Kier alpha value is -1.21. The lowest BCUT2D eigenvalue weighted by atomic mass is 10.2. The first kappa shape index (κ1) is 15.2. The number of hydrogen-bond donors (Lipinski definition) is 1. The highest BCUT2D eigenvalue weighted by Gasteiger charge is 2.31. The van der Waals surface area contributed by atoms with Crippen LogP contribution in [0.5, 0.6) is 0 Å². The first-order valence-electron chi connectivity index (χ1n) is 6.98. The van der Waals surface area contributed by atoms with Gasteiger partial charge in [-0.15, -0.1) is 5.10 Å². The molecule has 0 aliphatic carbocycles. The second kappa shape index (κ2) is 6.49. The number of rotatable bonds is 6. The van der Waals surface area contributed by atoms with Gasteiger partial charge in [0.2, 0.25) is 0 Å². The molecule has 20 heavy (non-hydrogen) atoms. The van der Waals surface area contributed by atoms with Crippen molar-refractivity contribution in [2.45, 2.75) is 32.4 Å².